The molecule has 1 amide bonds. The maximum absolute atomic E-state index is 14.2. The van der Waals surface area contributed by atoms with Gasteiger partial charge in [-0.3, -0.25) is 19.7 Å². The van der Waals surface area contributed by atoms with Crippen LogP contribution in [0.3, 0.4) is 0 Å². The van der Waals surface area contributed by atoms with E-state index in [4.69, 9.17) is 5.11 Å². The molecule has 3 N–H and O–H groups in total. The van der Waals surface area contributed by atoms with Crippen molar-refractivity contribution < 1.29 is 33.5 Å². The van der Waals surface area contributed by atoms with Gasteiger partial charge < -0.3 is 25.4 Å². The zero-order valence-corrected chi connectivity index (χ0v) is 17.0. The van der Waals surface area contributed by atoms with Gasteiger partial charge in [-0.2, -0.15) is 4.39 Å². The molecule has 0 fully saturated rings. The normalized spacial score (nSPS) is 14.0. The maximum Gasteiger partial charge on any atom is 0.337 e. The number of amides is 1. The number of nitrogens with one attached hydrogen (secondary N) is 2. The van der Waals surface area contributed by atoms with Gasteiger partial charge in [0.15, 0.2) is 5.78 Å². The number of hydrogen-bond donors (Lipinski definition) is 3. The number of ketones is 1. The zero-order valence-electron chi connectivity index (χ0n) is 17.0. The highest BCUT2D eigenvalue weighted by molar-refractivity contribution is 6.09. The molecular formula is C19H21FN4O7. The lowest BCUT2D eigenvalue weighted by Gasteiger charge is -2.17. The molecule has 31 heavy (non-hydrogen) atoms. The summed E-state index contributed by atoms with van der Waals surface area (Å²) in [5.74, 6) is -2.89. The van der Waals surface area contributed by atoms with Gasteiger partial charge in [0, 0.05) is 24.4 Å². The number of aliphatic hydroxyl groups is 1. The first-order valence-corrected chi connectivity index (χ1v) is 9.01. The maximum atomic E-state index is 14.2. The summed E-state index contributed by atoms with van der Waals surface area (Å²) in [7, 11) is 1.12. The lowest BCUT2D eigenvalue weighted by molar-refractivity contribution is -0.387. The Balaban J connectivity index is 2.57. The first-order chi connectivity index (χ1) is 14.6. The Hall–Kier alpha value is -3.80. The lowest BCUT2D eigenvalue weighted by Crippen LogP contribution is -2.31. The van der Waals surface area contributed by atoms with Gasteiger partial charge in [-0.25, -0.2) is 4.79 Å². The van der Waals surface area contributed by atoms with Crippen LogP contribution in [0.2, 0.25) is 0 Å². The first-order valence-electron chi connectivity index (χ1n) is 9.01. The Bertz CT molecular complexity index is 1000. The predicted octanol–water partition coefficient (Wildman–Crippen LogP) is 1.31. The number of ether oxygens (including phenoxy) is 1. The second kappa shape index (κ2) is 9.80. The molecule has 1 aliphatic heterocycles. The van der Waals surface area contributed by atoms with E-state index < -0.39 is 28.3 Å². The molecule has 0 atom stereocenters. The second-order valence-corrected chi connectivity index (χ2v) is 6.59. The van der Waals surface area contributed by atoms with Crippen molar-refractivity contribution in [2.75, 3.05) is 37.4 Å². The number of rotatable bonds is 9. The van der Waals surface area contributed by atoms with Crippen LogP contribution in [-0.4, -0.2) is 59.4 Å². The van der Waals surface area contributed by atoms with Gasteiger partial charge in [-0.1, -0.05) is 0 Å². The minimum atomic E-state index is -1.14. The fraction of sp³-hybridized carbons (Fsp3) is 0.316. The van der Waals surface area contributed by atoms with Crippen LogP contribution in [0, 0.1) is 15.9 Å². The second-order valence-electron chi connectivity index (χ2n) is 6.59. The van der Waals surface area contributed by atoms with Crippen LogP contribution in [0.4, 0.5) is 21.5 Å². The van der Waals surface area contributed by atoms with Gasteiger partial charge in [0.1, 0.15) is 5.70 Å². The molecule has 1 aromatic rings. The molecule has 12 heteroatoms. The van der Waals surface area contributed by atoms with E-state index in [0.717, 1.165) is 19.2 Å². The van der Waals surface area contributed by atoms with Gasteiger partial charge in [-0.05, 0) is 19.9 Å². The first kappa shape index (κ1) is 23.5. The highest BCUT2D eigenvalue weighted by Gasteiger charge is 2.35. The van der Waals surface area contributed by atoms with Crippen molar-refractivity contribution in [2.24, 2.45) is 0 Å². The molecule has 1 heterocycles. The van der Waals surface area contributed by atoms with E-state index in [1.165, 1.54) is 24.8 Å². The van der Waals surface area contributed by atoms with Crippen molar-refractivity contribution in [2.45, 2.75) is 13.8 Å². The standard InChI is InChI=1S/C19H21FN4O7/c1-10(6-11(2)26)21-14-7-13(20)16(24(29)30)8-15(14)22-17-12(19(28)31-3)9-23(4-5-25)18(17)27/h6-8,21-22,25H,4-5,9H2,1-3H3. The summed E-state index contributed by atoms with van der Waals surface area (Å²) in [6.45, 7) is 2.27. The van der Waals surface area contributed by atoms with Crippen LogP contribution in [0.25, 0.3) is 0 Å². The molecule has 0 aliphatic carbocycles. The van der Waals surface area contributed by atoms with Crippen molar-refractivity contribution in [3.05, 3.63) is 51.1 Å². The molecule has 1 aliphatic rings. The number of benzene rings is 1. The van der Waals surface area contributed by atoms with Gasteiger partial charge in [-0.15, -0.1) is 0 Å². The molecule has 2 rings (SSSR count). The Morgan fingerprint density at radius 3 is 2.58 bits per heavy atom. The highest BCUT2D eigenvalue weighted by atomic mass is 19.1. The number of nitro benzene ring substituents is 1. The van der Waals surface area contributed by atoms with E-state index in [-0.39, 0.29) is 48.1 Å². The number of allylic oxidation sites excluding steroid dienone is 2. The Morgan fingerprint density at radius 2 is 2.03 bits per heavy atom. The predicted molar refractivity (Wildman–Crippen MR) is 107 cm³/mol. The van der Waals surface area contributed by atoms with Gasteiger partial charge in [0.2, 0.25) is 5.82 Å². The number of carbonyl (C=O) groups is 3. The van der Waals surface area contributed by atoms with Crippen LogP contribution < -0.4 is 10.6 Å². The summed E-state index contributed by atoms with van der Waals surface area (Å²) < 4.78 is 18.9. The molecule has 11 nitrogen and oxygen atoms in total. The molecule has 0 unspecified atom stereocenters. The van der Waals surface area contributed by atoms with Crippen LogP contribution in [-0.2, 0) is 19.1 Å². The molecule has 0 saturated carbocycles. The molecule has 1 aromatic carbocycles. The smallest absolute Gasteiger partial charge is 0.337 e. The fourth-order valence-electron chi connectivity index (χ4n) is 2.95. The van der Waals surface area contributed by atoms with Crippen LogP contribution in [0.1, 0.15) is 13.8 Å². The fourth-order valence-corrected chi connectivity index (χ4v) is 2.95. The summed E-state index contributed by atoms with van der Waals surface area (Å²) in [6.07, 6.45) is 1.23. The van der Waals surface area contributed by atoms with E-state index >= 15 is 0 Å². The van der Waals surface area contributed by atoms with E-state index in [9.17, 15) is 28.9 Å². The number of nitro groups is 1. The molecule has 166 valence electrons. The average molecular weight is 436 g/mol. The van der Waals surface area contributed by atoms with Crippen molar-refractivity contribution in [3.63, 3.8) is 0 Å². The summed E-state index contributed by atoms with van der Waals surface area (Å²) in [6, 6.07) is 1.70. The number of methoxy groups -OCH3 is 1. The van der Waals surface area contributed by atoms with Crippen molar-refractivity contribution in [1.29, 1.82) is 0 Å². The molecule has 0 spiro atoms. The number of β-amino-alcohol motifs (C(OH)–C–C–N with tert-alkyl or cyclic N) is 1. The summed E-state index contributed by atoms with van der Waals surface area (Å²) in [5, 5.41) is 25.7. The third-order valence-corrected chi connectivity index (χ3v) is 4.25. The monoisotopic (exact) mass is 436 g/mol. The van der Waals surface area contributed by atoms with Crippen molar-refractivity contribution >= 4 is 34.7 Å². The van der Waals surface area contributed by atoms with Crippen molar-refractivity contribution in [1.82, 2.24) is 4.90 Å². The molecule has 0 aromatic heterocycles. The zero-order chi connectivity index (χ0) is 23.3. The average Bonchev–Trinajstić information content (AvgIpc) is 2.98. The molecule has 0 radical (unpaired) electrons. The largest absolute Gasteiger partial charge is 0.466 e. The number of aliphatic hydroxyl groups excluding tert-OH is 1. The van der Waals surface area contributed by atoms with E-state index in [1.807, 2.05) is 0 Å². The summed E-state index contributed by atoms with van der Waals surface area (Å²) in [5.41, 5.74) is -0.930. The molecule has 0 bridgehead atoms. The van der Waals surface area contributed by atoms with Crippen LogP contribution in [0.5, 0.6) is 0 Å². The number of esters is 1. The van der Waals surface area contributed by atoms with E-state index in [0.29, 0.717) is 5.70 Å². The number of hydrogen-bond acceptors (Lipinski definition) is 9. The van der Waals surface area contributed by atoms with Crippen LogP contribution in [0.15, 0.2) is 35.2 Å². The molecule has 0 saturated heterocycles. The summed E-state index contributed by atoms with van der Waals surface area (Å²) in [4.78, 5) is 47.5. The third kappa shape index (κ3) is 5.42. The molecular weight excluding hydrogens is 415 g/mol. The van der Waals surface area contributed by atoms with E-state index in [2.05, 4.69) is 15.4 Å². The van der Waals surface area contributed by atoms with Gasteiger partial charge in [0.05, 0.1) is 42.1 Å². The van der Waals surface area contributed by atoms with Gasteiger partial charge >= 0.3 is 11.7 Å². The Kier molecular flexibility index (Phi) is 7.42. The van der Waals surface area contributed by atoms with Gasteiger partial charge in [0.25, 0.3) is 5.91 Å². The number of carbonyl (C=O) groups excluding carboxylic acids is 3. The lowest BCUT2D eigenvalue weighted by atomic mass is 10.2. The highest BCUT2D eigenvalue weighted by Crippen LogP contribution is 2.33. The summed E-state index contributed by atoms with van der Waals surface area (Å²) >= 11 is 0. The van der Waals surface area contributed by atoms with E-state index in [1.54, 1.807) is 0 Å². The number of anilines is 2. The minimum Gasteiger partial charge on any atom is -0.466 e. The Morgan fingerprint density at radius 1 is 1.35 bits per heavy atom. The Labute approximate surface area is 176 Å². The van der Waals surface area contributed by atoms with Crippen LogP contribution >= 0.6 is 0 Å². The topological polar surface area (TPSA) is 151 Å². The minimum absolute atomic E-state index is 0.0109. The number of nitrogens with zero attached hydrogens (tertiary/aromatic N) is 2. The quantitative estimate of drug-likeness (QED) is 0.225. The van der Waals surface area contributed by atoms with Crippen molar-refractivity contribution in [3.8, 4) is 0 Å². The number of halogens is 1. The SMILES string of the molecule is COC(=O)C1=C(Nc2cc([N+](=O)[O-])c(F)cc2NC(C)=CC(C)=O)C(=O)N(CCO)C1. The third-order valence-electron chi connectivity index (χ3n) is 4.25.